The van der Waals surface area contributed by atoms with Crippen molar-refractivity contribution >= 4 is 39.7 Å². The summed E-state index contributed by atoms with van der Waals surface area (Å²) in [7, 11) is 2.11. The molecule has 1 atom stereocenters. The van der Waals surface area contributed by atoms with Crippen LogP contribution in [0, 0.1) is 11.6 Å². The van der Waals surface area contributed by atoms with E-state index in [9.17, 15) is 8.78 Å². The average molecular weight is 595 g/mol. The largest absolute Gasteiger partial charge is 0.370 e. The highest BCUT2D eigenvalue weighted by Crippen LogP contribution is 2.46. The van der Waals surface area contributed by atoms with Crippen molar-refractivity contribution in [1.29, 1.82) is 0 Å². The number of nitrogens with zero attached hydrogens (tertiary/aromatic N) is 2. The molecule has 41 heavy (non-hydrogen) atoms. The van der Waals surface area contributed by atoms with Gasteiger partial charge in [-0.2, -0.15) is 0 Å². The van der Waals surface area contributed by atoms with Crippen LogP contribution in [0.4, 0.5) is 14.5 Å². The van der Waals surface area contributed by atoms with Gasteiger partial charge in [0.05, 0.1) is 10.0 Å². The van der Waals surface area contributed by atoms with Crippen molar-refractivity contribution in [2.75, 3.05) is 44.7 Å². The second kappa shape index (κ2) is 11.9. The molecule has 4 aromatic rings. The summed E-state index contributed by atoms with van der Waals surface area (Å²) in [6, 6.07) is 22.3. The maximum Gasteiger partial charge on any atom is 0.131 e. The zero-order valence-electron chi connectivity index (χ0n) is 23.3. The Labute approximate surface area is 251 Å². The van der Waals surface area contributed by atoms with Crippen molar-refractivity contribution in [2.24, 2.45) is 0 Å². The van der Waals surface area contributed by atoms with Crippen molar-refractivity contribution in [3.05, 3.63) is 111 Å². The maximum absolute atomic E-state index is 14.4. The molecule has 1 saturated heterocycles. The van der Waals surface area contributed by atoms with E-state index >= 15 is 0 Å². The van der Waals surface area contributed by atoms with Crippen molar-refractivity contribution in [3.63, 3.8) is 0 Å². The SMILES string of the molecule is CN(Cc1ccc(F)c2ccccc12)C[C@@H](CCN1CC2(CCNCC2)c2cc(F)ccc21)c1ccc(Cl)c(Cl)c1. The van der Waals surface area contributed by atoms with E-state index in [1.54, 1.807) is 18.2 Å². The molecule has 3 nitrogen and oxygen atoms in total. The van der Waals surface area contributed by atoms with Crippen molar-refractivity contribution in [1.82, 2.24) is 10.2 Å². The summed E-state index contributed by atoms with van der Waals surface area (Å²) in [5.41, 5.74) is 4.56. The lowest BCUT2D eigenvalue weighted by Crippen LogP contribution is -2.43. The normalized spacial score (nSPS) is 17.0. The highest BCUT2D eigenvalue weighted by molar-refractivity contribution is 6.42. The van der Waals surface area contributed by atoms with Gasteiger partial charge in [-0.3, -0.25) is 0 Å². The van der Waals surface area contributed by atoms with E-state index in [4.69, 9.17) is 23.2 Å². The third-order valence-electron chi connectivity index (χ3n) is 9.02. The quantitative estimate of drug-likeness (QED) is 0.222. The fourth-order valence-corrected chi connectivity index (χ4v) is 7.22. The molecule has 0 aromatic heterocycles. The summed E-state index contributed by atoms with van der Waals surface area (Å²) < 4.78 is 28.8. The first-order valence-corrected chi connectivity index (χ1v) is 15.1. The lowest BCUT2D eigenvalue weighted by atomic mass is 9.75. The summed E-state index contributed by atoms with van der Waals surface area (Å²) in [4.78, 5) is 4.76. The number of halogens is 4. The van der Waals surface area contributed by atoms with E-state index < -0.39 is 0 Å². The highest BCUT2D eigenvalue weighted by Gasteiger charge is 2.43. The lowest BCUT2D eigenvalue weighted by Gasteiger charge is -2.35. The molecular formula is C34H35Cl2F2N3. The van der Waals surface area contributed by atoms with Gasteiger partial charge in [-0.05, 0) is 104 Å². The Morgan fingerprint density at radius 1 is 0.927 bits per heavy atom. The third kappa shape index (κ3) is 5.83. The molecular weight excluding hydrogens is 559 g/mol. The Kier molecular flexibility index (Phi) is 8.24. The fraction of sp³-hybridized carbons (Fsp3) is 0.353. The molecule has 1 N–H and O–H groups in total. The van der Waals surface area contributed by atoms with Crippen LogP contribution in [0.15, 0.2) is 72.8 Å². The van der Waals surface area contributed by atoms with E-state index in [0.717, 1.165) is 79.8 Å². The first-order valence-electron chi connectivity index (χ1n) is 14.4. The number of anilines is 1. The molecule has 1 fully saturated rings. The van der Waals surface area contributed by atoms with Crippen LogP contribution in [0.5, 0.6) is 0 Å². The van der Waals surface area contributed by atoms with Gasteiger partial charge in [0.15, 0.2) is 0 Å². The topological polar surface area (TPSA) is 18.5 Å². The van der Waals surface area contributed by atoms with Crippen LogP contribution in [0.25, 0.3) is 10.8 Å². The number of likely N-dealkylation sites (N-methyl/N-ethyl adjacent to an activating group) is 1. The zero-order valence-corrected chi connectivity index (χ0v) is 24.8. The van der Waals surface area contributed by atoms with E-state index in [1.807, 2.05) is 48.5 Å². The van der Waals surface area contributed by atoms with Crippen LogP contribution in [-0.2, 0) is 12.0 Å². The van der Waals surface area contributed by atoms with Crippen LogP contribution in [0.3, 0.4) is 0 Å². The van der Waals surface area contributed by atoms with E-state index in [-0.39, 0.29) is 23.0 Å². The second-order valence-electron chi connectivity index (χ2n) is 11.7. The number of rotatable bonds is 8. The monoisotopic (exact) mass is 593 g/mol. The minimum Gasteiger partial charge on any atom is -0.370 e. The van der Waals surface area contributed by atoms with Gasteiger partial charge in [-0.15, -0.1) is 0 Å². The average Bonchev–Trinajstić information content (AvgIpc) is 3.26. The third-order valence-corrected chi connectivity index (χ3v) is 9.76. The van der Waals surface area contributed by atoms with Gasteiger partial charge in [0.1, 0.15) is 11.6 Å². The molecule has 7 heteroatoms. The van der Waals surface area contributed by atoms with Gasteiger partial charge in [0.25, 0.3) is 0 Å². The summed E-state index contributed by atoms with van der Waals surface area (Å²) in [5.74, 6) is -0.167. The lowest BCUT2D eigenvalue weighted by molar-refractivity contribution is 0.296. The van der Waals surface area contributed by atoms with Crippen LogP contribution in [0.1, 0.15) is 41.9 Å². The van der Waals surface area contributed by atoms with Gasteiger partial charge < -0.3 is 15.1 Å². The van der Waals surface area contributed by atoms with Crippen LogP contribution >= 0.6 is 23.2 Å². The maximum atomic E-state index is 14.4. The van der Waals surface area contributed by atoms with Crippen molar-refractivity contribution < 1.29 is 8.78 Å². The summed E-state index contributed by atoms with van der Waals surface area (Å²) in [6.45, 7) is 5.17. The Bertz CT molecular complexity index is 1550. The Morgan fingerprint density at radius 3 is 2.49 bits per heavy atom. The first-order chi connectivity index (χ1) is 19.8. The molecule has 0 bridgehead atoms. The molecule has 0 amide bonds. The van der Waals surface area contributed by atoms with Crippen LogP contribution < -0.4 is 10.2 Å². The molecule has 1 spiro atoms. The van der Waals surface area contributed by atoms with E-state index in [0.29, 0.717) is 22.0 Å². The van der Waals surface area contributed by atoms with E-state index in [1.165, 1.54) is 0 Å². The Balaban J connectivity index is 1.24. The Hall–Kier alpha value is -2.70. The number of hydrogen-bond donors (Lipinski definition) is 1. The predicted molar refractivity (Wildman–Crippen MR) is 166 cm³/mol. The standard InChI is InChI=1S/C34H35Cl2F2N3/c1-40(21-25-7-10-32(38)28-5-3-2-4-27(25)28)20-24(23-6-9-30(35)31(36)18-23)12-17-41-22-34(13-15-39-16-14-34)29-19-26(37)8-11-33(29)41/h2-11,18-19,24,39H,12-17,20-22H2,1H3/t24-/m1/s1. The molecule has 214 valence electrons. The predicted octanol–water partition coefficient (Wildman–Crippen LogP) is 8.17. The van der Waals surface area contributed by atoms with Gasteiger partial charge >= 0.3 is 0 Å². The molecule has 4 aromatic carbocycles. The van der Waals surface area contributed by atoms with Crippen LogP contribution in [-0.4, -0.2) is 44.7 Å². The number of fused-ring (bicyclic) bond motifs is 3. The molecule has 0 radical (unpaired) electrons. The molecule has 2 heterocycles. The van der Waals surface area contributed by atoms with Crippen molar-refractivity contribution in [2.45, 2.75) is 37.1 Å². The molecule has 0 saturated carbocycles. The molecule has 0 aliphatic carbocycles. The van der Waals surface area contributed by atoms with Gasteiger partial charge in [-0.1, -0.05) is 59.6 Å². The van der Waals surface area contributed by atoms with Gasteiger partial charge in [0.2, 0.25) is 0 Å². The minimum atomic E-state index is -0.196. The number of benzene rings is 4. The minimum absolute atomic E-state index is 0.00217. The fourth-order valence-electron chi connectivity index (χ4n) is 6.91. The van der Waals surface area contributed by atoms with E-state index in [2.05, 4.69) is 28.2 Å². The summed E-state index contributed by atoms with van der Waals surface area (Å²) in [6.07, 6.45) is 2.94. The number of piperidine rings is 1. The molecule has 6 rings (SSSR count). The van der Waals surface area contributed by atoms with Crippen LogP contribution in [0.2, 0.25) is 10.0 Å². The number of nitrogens with one attached hydrogen (secondary N) is 1. The second-order valence-corrected chi connectivity index (χ2v) is 12.5. The Morgan fingerprint density at radius 2 is 1.71 bits per heavy atom. The molecule has 0 unspecified atom stereocenters. The van der Waals surface area contributed by atoms with Gasteiger partial charge in [0, 0.05) is 42.7 Å². The smallest absolute Gasteiger partial charge is 0.131 e. The zero-order chi connectivity index (χ0) is 28.6. The molecule has 2 aliphatic heterocycles. The van der Waals surface area contributed by atoms with Crippen molar-refractivity contribution in [3.8, 4) is 0 Å². The molecule has 2 aliphatic rings. The summed E-state index contributed by atoms with van der Waals surface area (Å²) >= 11 is 12.8. The first kappa shape index (κ1) is 28.4. The van der Waals surface area contributed by atoms with Gasteiger partial charge in [-0.25, -0.2) is 8.78 Å². The highest BCUT2D eigenvalue weighted by atomic mass is 35.5. The number of hydrogen-bond acceptors (Lipinski definition) is 3. The summed E-state index contributed by atoms with van der Waals surface area (Å²) in [5, 5.41) is 6.16.